The lowest BCUT2D eigenvalue weighted by atomic mass is 10.3. The molecule has 1 aromatic rings. The first-order valence-corrected chi connectivity index (χ1v) is 10.1. The normalized spacial score (nSPS) is 16.5. The largest absolute Gasteiger partial charge is 0.481 e. The summed E-state index contributed by atoms with van der Waals surface area (Å²) in [4.78, 5) is 14.2. The molecular formula is C17H26N2O5S. The second-order valence-corrected chi connectivity index (χ2v) is 7.69. The van der Waals surface area contributed by atoms with Gasteiger partial charge < -0.3 is 14.4 Å². The zero-order chi connectivity index (χ0) is 18.3. The Kier molecular flexibility index (Phi) is 7.22. The van der Waals surface area contributed by atoms with Crippen LogP contribution in [0.25, 0.3) is 0 Å². The van der Waals surface area contributed by atoms with E-state index in [2.05, 4.69) is 4.72 Å². The Morgan fingerprint density at radius 1 is 1.28 bits per heavy atom. The van der Waals surface area contributed by atoms with E-state index >= 15 is 0 Å². The summed E-state index contributed by atoms with van der Waals surface area (Å²) in [5.41, 5.74) is 0. The molecule has 0 aliphatic carbocycles. The van der Waals surface area contributed by atoms with Crippen LogP contribution in [0.2, 0.25) is 0 Å². The maximum absolute atomic E-state index is 12.3. The zero-order valence-electron chi connectivity index (χ0n) is 14.7. The van der Waals surface area contributed by atoms with Crippen molar-refractivity contribution in [2.45, 2.75) is 37.7 Å². The van der Waals surface area contributed by atoms with Gasteiger partial charge in [0.1, 0.15) is 5.75 Å². The van der Waals surface area contributed by atoms with E-state index in [1.807, 2.05) is 6.92 Å². The van der Waals surface area contributed by atoms with Crippen molar-refractivity contribution in [1.82, 2.24) is 9.62 Å². The first-order chi connectivity index (χ1) is 11.9. The summed E-state index contributed by atoms with van der Waals surface area (Å²) in [7, 11) is -3.51. The highest BCUT2D eigenvalue weighted by Crippen LogP contribution is 2.18. The highest BCUT2D eigenvalue weighted by atomic mass is 32.2. The minimum atomic E-state index is -3.51. The summed E-state index contributed by atoms with van der Waals surface area (Å²) >= 11 is 0. The number of rotatable bonds is 8. The van der Waals surface area contributed by atoms with Crippen molar-refractivity contribution in [3.63, 3.8) is 0 Å². The van der Waals surface area contributed by atoms with Crippen molar-refractivity contribution in [2.75, 3.05) is 32.8 Å². The molecule has 7 nitrogen and oxygen atoms in total. The van der Waals surface area contributed by atoms with Gasteiger partial charge in [-0.1, -0.05) is 13.3 Å². The number of benzene rings is 1. The highest BCUT2D eigenvalue weighted by molar-refractivity contribution is 7.89. The van der Waals surface area contributed by atoms with Crippen LogP contribution in [0.1, 0.15) is 26.7 Å². The Hall–Kier alpha value is -1.64. The van der Waals surface area contributed by atoms with Gasteiger partial charge in [-0.3, -0.25) is 4.79 Å². The monoisotopic (exact) mass is 370 g/mol. The smallest absolute Gasteiger partial charge is 0.263 e. The third-order valence-corrected chi connectivity index (χ3v) is 5.42. The lowest BCUT2D eigenvalue weighted by molar-refractivity contribution is -0.142. The highest BCUT2D eigenvalue weighted by Gasteiger charge is 2.24. The summed E-state index contributed by atoms with van der Waals surface area (Å²) in [5.74, 6) is 0.364. The molecule has 0 radical (unpaired) electrons. The van der Waals surface area contributed by atoms with Crippen LogP contribution in [0.5, 0.6) is 5.75 Å². The second-order valence-electron chi connectivity index (χ2n) is 5.92. The van der Waals surface area contributed by atoms with E-state index in [0.29, 0.717) is 38.6 Å². The van der Waals surface area contributed by atoms with Crippen LogP contribution < -0.4 is 9.46 Å². The third kappa shape index (κ3) is 5.69. The van der Waals surface area contributed by atoms with Gasteiger partial charge in [0.25, 0.3) is 5.91 Å². The minimum absolute atomic E-state index is 0.0961. The average Bonchev–Trinajstić information content (AvgIpc) is 2.62. The molecule has 1 N–H and O–H groups in total. The number of nitrogens with one attached hydrogen (secondary N) is 1. The maximum Gasteiger partial charge on any atom is 0.263 e. The molecule has 25 heavy (non-hydrogen) atoms. The van der Waals surface area contributed by atoms with Gasteiger partial charge in [-0.25, -0.2) is 13.1 Å². The number of carbonyl (C=O) groups is 1. The molecule has 0 unspecified atom stereocenters. The van der Waals surface area contributed by atoms with Crippen LogP contribution in [0.3, 0.4) is 0 Å². The maximum atomic E-state index is 12.3. The van der Waals surface area contributed by atoms with Gasteiger partial charge in [-0.15, -0.1) is 0 Å². The van der Waals surface area contributed by atoms with Crippen molar-refractivity contribution in [1.29, 1.82) is 0 Å². The van der Waals surface area contributed by atoms with Crippen molar-refractivity contribution in [2.24, 2.45) is 0 Å². The summed E-state index contributed by atoms with van der Waals surface area (Å²) in [6, 6.07) is 6.10. The Morgan fingerprint density at radius 3 is 2.52 bits per heavy atom. The van der Waals surface area contributed by atoms with Crippen molar-refractivity contribution < 1.29 is 22.7 Å². The summed E-state index contributed by atoms with van der Waals surface area (Å²) < 4.78 is 37.7. The molecule has 1 atom stereocenters. The van der Waals surface area contributed by atoms with Gasteiger partial charge in [0.05, 0.1) is 18.1 Å². The number of morpholine rings is 1. The molecule has 2 rings (SSSR count). The van der Waals surface area contributed by atoms with Crippen LogP contribution in [-0.4, -0.2) is 58.2 Å². The quantitative estimate of drug-likeness (QED) is 0.699. The van der Waals surface area contributed by atoms with Gasteiger partial charge in [-0.2, -0.15) is 0 Å². The van der Waals surface area contributed by atoms with Gasteiger partial charge in [0.2, 0.25) is 10.0 Å². The molecule has 1 fully saturated rings. The standard InChI is InChI=1S/C17H26N2O5S/c1-3-4-9-18-25(21,22)16-7-5-15(6-8-16)24-14(2)17(20)19-10-12-23-13-11-19/h5-8,14,18H,3-4,9-13H2,1-2H3/t14-/m0/s1. The number of amides is 1. The fraction of sp³-hybridized carbons (Fsp3) is 0.588. The molecular weight excluding hydrogens is 344 g/mol. The van der Waals surface area contributed by atoms with E-state index in [1.54, 1.807) is 24.0 Å². The van der Waals surface area contributed by atoms with Crippen LogP contribution >= 0.6 is 0 Å². The number of sulfonamides is 1. The Balaban J connectivity index is 1.94. The fourth-order valence-corrected chi connectivity index (χ4v) is 3.53. The lowest BCUT2D eigenvalue weighted by Crippen LogP contribution is -2.46. The molecule has 1 aromatic carbocycles. The Bertz CT molecular complexity index is 654. The van der Waals surface area contributed by atoms with Crippen LogP contribution in [-0.2, 0) is 19.6 Å². The predicted molar refractivity (Wildman–Crippen MR) is 94.0 cm³/mol. The number of carbonyl (C=O) groups excluding carboxylic acids is 1. The van der Waals surface area contributed by atoms with Gasteiger partial charge in [-0.05, 0) is 37.6 Å². The van der Waals surface area contributed by atoms with Crippen LogP contribution in [0, 0.1) is 0 Å². The second kappa shape index (κ2) is 9.17. The molecule has 140 valence electrons. The van der Waals surface area contributed by atoms with E-state index in [1.165, 1.54) is 12.1 Å². The fourth-order valence-electron chi connectivity index (χ4n) is 2.46. The van der Waals surface area contributed by atoms with E-state index < -0.39 is 16.1 Å². The molecule has 1 aliphatic heterocycles. The summed E-state index contributed by atoms with van der Waals surface area (Å²) in [6.45, 7) is 6.31. The molecule has 1 amide bonds. The lowest BCUT2D eigenvalue weighted by Gasteiger charge is -2.29. The Labute approximate surface area is 149 Å². The SMILES string of the molecule is CCCCNS(=O)(=O)c1ccc(O[C@@H](C)C(=O)N2CCOCC2)cc1. The van der Waals surface area contributed by atoms with E-state index in [0.717, 1.165) is 12.8 Å². The van der Waals surface area contributed by atoms with E-state index in [-0.39, 0.29) is 10.8 Å². The van der Waals surface area contributed by atoms with Gasteiger partial charge >= 0.3 is 0 Å². The topological polar surface area (TPSA) is 84.9 Å². The molecule has 0 aromatic heterocycles. The van der Waals surface area contributed by atoms with Crippen molar-refractivity contribution in [3.05, 3.63) is 24.3 Å². The molecule has 1 saturated heterocycles. The van der Waals surface area contributed by atoms with Crippen molar-refractivity contribution >= 4 is 15.9 Å². The number of ether oxygens (including phenoxy) is 2. The van der Waals surface area contributed by atoms with Crippen molar-refractivity contribution in [3.8, 4) is 5.75 Å². The van der Waals surface area contributed by atoms with E-state index in [4.69, 9.17) is 9.47 Å². The molecule has 1 heterocycles. The molecule has 0 spiro atoms. The predicted octanol–water partition coefficient (Wildman–Crippen LogP) is 1.39. The minimum Gasteiger partial charge on any atom is -0.481 e. The summed E-state index contributed by atoms with van der Waals surface area (Å²) in [5, 5.41) is 0. The molecule has 0 bridgehead atoms. The number of unbranched alkanes of at least 4 members (excludes halogenated alkanes) is 1. The first kappa shape index (κ1) is 19.7. The van der Waals surface area contributed by atoms with Crippen LogP contribution in [0.15, 0.2) is 29.2 Å². The third-order valence-electron chi connectivity index (χ3n) is 3.94. The van der Waals surface area contributed by atoms with E-state index in [9.17, 15) is 13.2 Å². The number of hydrogen-bond acceptors (Lipinski definition) is 5. The molecule has 1 aliphatic rings. The van der Waals surface area contributed by atoms with Gasteiger partial charge in [0, 0.05) is 19.6 Å². The number of hydrogen-bond donors (Lipinski definition) is 1. The van der Waals surface area contributed by atoms with Gasteiger partial charge in [0.15, 0.2) is 6.10 Å². The summed E-state index contributed by atoms with van der Waals surface area (Å²) in [6.07, 6.45) is 1.08. The average molecular weight is 370 g/mol. The molecule has 8 heteroatoms. The number of nitrogens with zero attached hydrogens (tertiary/aromatic N) is 1. The first-order valence-electron chi connectivity index (χ1n) is 8.57. The molecule has 0 saturated carbocycles. The van der Waals surface area contributed by atoms with Crippen LogP contribution in [0.4, 0.5) is 0 Å². The zero-order valence-corrected chi connectivity index (χ0v) is 15.5. The Morgan fingerprint density at radius 2 is 1.92 bits per heavy atom.